The topological polar surface area (TPSA) is 99.9 Å². The maximum atomic E-state index is 12.1. The molecule has 124 valence electrons. The summed E-state index contributed by atoms with van der Waals surface area (Å²) in [5.41, 5.74) is 1.85. The molecule has 0 bridgehead atoms. The van der Waals surface area contributed by atoms with E-state index >= 15 is 0 Å². The van der Waals surface area contributed by atoms with Gasteiger partial charge < -0.3 is 5.32 Å². The largest absolute Gasteiger partial charge is 0.349 e. The van der Waals surface area contributed by atoms with E-state index in [4.69, 9.17) is 5.26 Å². The minimum Gasteiger partial charge on any atom is -0.349 e. The number of nitrogens with zero attached hydrogens (tertiary/aromatic N) is 2. The third-order valence-corrected chi connectivity index (χ3v) is 4.88. The molecule has 0 radical (unpaired) electrons. The van der Waals surface area contributed by atoms with Crippen LogP contribution in [0.3, 0.4) is 0 Å². The first-order valence-electron chi connectivity index (χ1n) is 7.28. The summed E-state index contributed by atoms with van der Waals surface area (Å²) in [6, 6.07) is 11.4. The molecular formula is C17H17N3O3S. The molecule has 1 amide bonds. The number of amides is 1. The highest BCUT2D eigenvalue weighted by Crippen LogP contribution is 2.11. The van der Waals surface area contributed by atoms with Crippen molar-refractivity contribution in [2.45, 2.75) is 18.7 Å². The number of nitrogens with one attached hydrogen (secondary N) is 1. The number of carbonyl (C=O) groups is 1. The smallest absolute Gasteiger partial charge is 0.235 e. The summed E-state index contributed by atoms with van der Waals surface area (Å²) in [7, 11) is -3.59. The molecule has 0 aliphatic heterocycles. The zero-order chi connectivity index (χ0) is 17.6. The van der Waals surface area contributed by atoms with E-state index in [9.17, 15) is 13.2 Å². The van der Waals surface area contributed by atoms with Gasteiger partial charge >= 0.3 is 0 Å². The molecule has 0 aliphatic carbocycles. The first-order chi connectivity index (χ1) is 11.4. The van der Waals surface area contributed by atoms with Gasteiger partial charge in [-0.1, -0.05) is 12.1 Å². The van der Waals surface area contributed by atoms with Crippen molar-refractivity contribution in [3.8, 4) is 6.07 Å². The minimum absolute atomic E-state index is 0.240. The molecule has 24 heavy (non-hydrogen) atoms. The summed E-state index contributed by atoms with van der Waals surface area (Å²) in [6.07, 6.45) is 3.22. The van der Waals surface area contributed by atoms with E-state index in [0.717, 1.165) is 5.56 Å². The zero-order valence-corrected chi connectivity index (χ0v) is 14.0. The first kappa shape index (κ1) is 17.6. The molecule has 1 N–H and O–H groups in total. The van der Waals surface area contributed by atoms with Crippen molar-refractivity contribution in [1.82, 2.24) is 10.3 Å². The Balaban J connectivity index is 1.95. The van der Waals surface area contributed by atoms with Crippen LogP contribution < -0.4 is 5.32 Å². The fourth-order valence-electron chi connectivity index (χ4n) is 2.20. The van der Waals surface area contributed by atoms with Gasteiger partial charge in [0.2, 0.25) is 5.91 Å². The molecule has 2 rings (SSSR count). The number of rotatable bonds is 6. The van der Waals surface area contributed by atoms with E-state index in [-0.39, 0.29) is 11.8 Å². The van der Waals surface area contributed by atoms with Crippen molar-refractivity contribution in [1.29, 1.82) is 5.26 Å². The molecular weight excluding hydrogens is 326 g/mol. The van der Waals surface area contributed by atoms with Gasteiger partial charge in [-0.25, -0.2) is 8.42 Å². The normalized spacial score (nSPS) is 12.2. The quantitative estimate of drug-likeness (QED) is 0.861. The van der Waals surface area contributed by atoms with Crippen LogP contribution in [0.4, 0.5) is 0 Å². The molecule has 0 saturated carbocycles. The van der Waals surface area contributed by atoms with Crippen molar-refractivity contribution in [2.24, 2.45) is 0 Å². The summed E-state index contributed by atoms with van der Waals surface area (Å²) in [4.78, 5) is 15.9. The summed E-state index contributed by atoms with van der Waals surface area (Å²) < 4.78 is 24.3. The van der Waals surface area contributed by atoms with E-state index in [0.29, 0.717) is 11.1 Å². The summed E-state index contributed by atoms with van der Waals surface area (Å²) in [5, 5.41) is 11.4. The minimum atomic E-state index is -3.59. The third-order valence-electron chi connectivity index (χ3n) is 3.40. The number of nitriles is 1. The molecule has 0 unspecified atom stereocenters. The Bertz CT molecular complexity index is 841. The predicted octanol–water partition coefficient (Wildman–Crippen LogP) is 1.75. The van der Waals surface area contributed by atoms with Crippen LogP contribution in [0.15, 0.2) is 48.8 Å². The number of sulfone groups is 1. The molecule has 1 heterocycles. The molecule has 7 heteroatoms. The lowest BCUT2D eigenvalue weighted by atomic mass is 10.1. The van der Waals surface area contributed by atoms with Gasteiger partial charge in [0.15, 0.2) is 9.84 Å². The van der Waals surface area contributed by atoms with E-state index in [2.05, 4.69) is 10.3 Å². The fourth-order valence-corrected chi connectivity index (χ4v) is 3.48. The SMILES string of the molecule is C[C@H](NC(=O)CS(=O)(=O)Cc1ccc(C#N)cc1)c1ccncc1. The molecule has 0 fully saturated rings. The fraction of sp³-hybridized carbons (Fsp3) is 0.235. The average molecular weight is 343 g/mol. The Morgan fingerprint density at radius 1 is 1.21 bits per heavy atom. The van der Waals surface area contributed by atoms with Crippen molar-refractivity contribution in [3.05, 3.63) is 65.5 Å². The highest BCUT2D eigenvalue weighted by atomic mass is 32.2. The second-order valence-corrected chi connectivity index (χ2v) is 7.48. The van der Waals surface area contributed by atoms with Crippen LogP contribution in [0.25, 0.3) is 0 Å². The standard InChI is InChI=1S/C17H17N3O3S/c1-13(16-6-8-19-9-7-16)20-17(21)12-24(22,23)11-15-4-2-14(10-18)3-5-15/h2-9,13H,11-12H2,1H3,(H,20,21)/t13-/m0/s1. The highest BCUT2D eigenvalue weighted by molar-refractivity contribution is 7.91. The Hall–Kier alpha value is -2.72. The Labute approximate surface area is 141 Å². The molecule has 1 aromatic carbocycles. The highest BCUT2D eigenvalue weighted by Gasteiger charge is 2.19. The van der Waals surface area contributed by atoms with Gasteiger partial charge in [0.05, 0.1) is 23.4 Å². The lowest BCUT2D eigenvalue weighted by molar-refractivity contribution is -0.119. The number of aromatic nitrogens is 1. The second-order valence-electron chi connectivity index (χ2n) is 5.41. The van der Waals surface area contributed by atoms with Gasteiger partial charge in [0.25, 0.3) is 0 Å². The maximum absolute atomic E-state index is 12.1. The number of carbonyl (C=O) groups excluding carboxylic acids is 1. The van der Waals surface area contributed by atoms with Crippen LogP contribution >= 0.6 is 0 Å². The van der Waals surface area contributed by atoms with Crippen LogP contribution in [-0.2, 0) is 20.4 Å². The Morgan fingerprint density at radius 3 is 2.42 bits per heavy atom. The monoisotopic (exact) mass is 343 g/mol. The van der Waals surface area contributed by atoms with Gasteiger partial charge in [-0.05, 0) is 42.3 Å². The van der Waals surface area contributed by atoms with E-state index in [1.807, 2.05) is 6.07 Å². The predicted molar refractivity (Wildman–Crippen MR) is 89.4 cm³/mol. The van der Waals surface area contributed by atoms with Crippen molar-refractivity contribution in [3.63, 3.8) is 0 Å². The van der Waals surface area contributed by atoms with Crippen LogP contribution in [-0.4, -0.2) is 25.1 Å². The van der Waals surface area contributed by atoms with E-state index in [1.54, 1.807) is 55.7 Å². The van der Waals surface area contributed by atoms with Gasteiger partial charge in [-0.3, -0.25) is 9.78 Å². The molecule has 0 spiro atoms. The Morgan fingerprint density at radius 2 is 1.83 bits per heavy atom. The van der Waals surface area contributed by atoms with Gasteiger partial charge in [0, 0.05) is 12.4 Å². The number of benzene rings is 1. The van der Waals surface area contributed by atoms with Crippen LogP contribution in [0.2, 0.25) is 0 Å². The van der Waals surface area contributed by atoms with Crippen molar-refractivity contribution >= 4 is 15.7 Å². The molecule has 1 atom stereocenters. The molecule has 0 aliphatic rings. The van der Waals surface area contributed by atoms with E-state index < -0.39 is 21.5 Å². The van der Waals surface area contributed by atoms with Gasteiger partial charge in [-0.15, -0.1) is 0 Å². The molecule has 6 nitrogen and oxygen atoms in total. The zero-order valence-electron chi connectivity index (χ0n) is 13.1. The lowest BCUT2D eigenvalue weighted by Gasteiger charge is -2.14. The van der Waals surface area contributed by atoms with Crippen molar-refractivity contribution in [2.75, 3.05) is 5.75 Å². The average Bonchev–Trinajstić information content (AvgIpc) is 2.55. The van der Waals surface area contributed by atoms with E-state index in [1.165, 1.54) is 0 Å². The third kappa shape index (κ3) is 5.18. The Kier molecular flexibility index (Phi) is 5.66. The summed E-state index contributed by atoms with van der Waals surface area (Å²) >= 11 is 0. The summed E-state index contributed by atoms with van der Waals surface area (Å²) in [6.45, 7) is 1.78. The first-order valence-corrected chi connectivity index (χ1v) is 9.10. The maximum Gasteiger partial charge on any atom is 0.235 e. The second kappa shape index (κ2) is 7.70. The van der Waals surface area contributed by atoms with Gasteiger partial charge in [0.1, 0.15) is 5.75 Å². The van der Waals surface area contributed by atoms with Crippen molar-refractivity contribution < 1.29 is 13.2 Å². The van der Waals surface area contributed by atoms with Crippen LogP contribution in [0.1, 0.15) is 29.7 Å². The number of hydrogen-bond acceptors (Lipinski definition) is 5. The van der Waals surface area contributed by atoms with Gasteiger partial charge in [-0.2, -0.15) is 5.26 Å². The molecule has 0 saturated heterocycles. The number of pyridine rings is 1. The molecule has 2 aromatic rings. The lowest BCUT2D eigenvalue weighted by Crippen LogP contribution is -2.32. The summed E-state index contributed by atoms with van der Waals surface area (Å²) in [5.74, 6) is -1.37. The van der Waals surface area contributed by atoms with Crippen LogP contribution in [0.5, 0.6) is 0 Å². The number of hydrogen-bond donors (Lipinski definition) is 1. The van der Waals surface area contributed by atoms with Crippen LogP contribution in [0, 0.1) is 11.3 Å². The molecule has 1 aromatic heterocycles.